The van der Waals surface area contributed by atoms with Crippen LogP contribution in [0.1, 0.15) is 13.3 Å². The van der Waals surface area contributed by atoms with Crippen LogP contribution in [0.2, 0.25) is 0 Å². The molecule has 0 aromatic rings. The summed E-state index contributed by atoms with van der Waals surface area (Å²) in [7, 11) is 1.36. The Kier molecular flexibility index (Phi) is 4.90. The third-order valence-corrected chi connectivity index (χ3v) is 1.16. The lowest BCUT2D eigenvalue weighted by Crippen LogP contribution is -1.97. The topological polar surface area (TPSA) is 52.3 Å². The highest BCUT2D eigenvalue weighted by Crippen LogP contribution is 1.90. The molecule has 0 aromatic carbocycles. The van der Waals surface area contributed by atoms with Crippen LogP contribution in [0.4, 0.5) is 0 Å². The Labute approximate surface area is 66.5 Å². The van der Waals surface area contributed by atoms with E-state index < -0.39 is 0 Å². The second-order valence-electron chi connectivity index (χ2n) is 1.97. The molecule has 0 spiro atoms. The van der Waals surface area contributed by atoms with Gasteiger partial charge in [0.15, 0.2) is 0 Å². The van der Waals surface area contributed by atoms with Gasteiger partial charge in [-0.05, 0) is 13.0 Å². The molecule has 0 radical (unpaired) electrons. The smallest absolute Gasteiger partial charge is 0.309 e. The van der Waals surface area contributed by atoms with Crippen LogP contribution in [0, 0.1) is 0 Å². The van der Waals surface area contributed by atoms with Gasteiger partial charge in [-0.3, -0.25) is 4.79 Å². The molecule has 0 saturated carbocycles. The summed E-state index contributed by atoms with van der Waals surface area (Å²) in [4.78, 5) is 10.5. The van der Waals surface area contributed by atoms with Gasteiger partial charge >= 0.3 is 5.97 Å². The zero-order valence-corrected chi connectivity index (χ0v) is 6.83. The summed E-state index contributed by atoms with van der Waals surface area (Å²) in [5.41, 5.74) is 6.07. The summed E-state index contributed by atoms with van der Waals surface area (Å²) in [6, 6.07) is 0. The van der Waals surface area contributed by atoms with Gasteiger partial charge in [0.2, 0.25) is 0 Å². The van der Waals surface area contributed by atoms with Crippen molar-refractivity contribution in [3.63, 3.8) is 0 Å². The Hall–Kier alpha value is -1.25. The van der Waals surface area contributed by atoms with Crippen LogP contribution in [0.5, 0.6) is 0 Å². The van der Waals surface area contributed by atoms with Crippen molar-refractivity contribution in [1.82, 2.24) is 0 Å². The molecule has 0 bridgehead atoms. The van der Waals surface area contributed by atoms with Crippen LogP contribution in [-0.4, -0.2) is 13.1 Å². The van der Waals surface area contributed by atoms with E-state index in [4.69, 9.17) is 5.73 Å². The predicted octanol–water partition coefficient (Wildman–Crippen LogP) is 0.968. The van der Waals surface area contributed by atoms with Crippen molar-refractivity contribution >= 4 is 5.97 Å². The Morgan fingerprint density at radius 3 is 2.73 bits per heavy atom. The van der Waals surface area contributed by atoms with Crippen LogP contribution >= 0.6 is 0 Å². The van der Waals surface area contributed by atoms with Crippen molar-refractivity contribution < 1.29 is 9.53 Å². The van der Waals surface area contributed by atoms with Gasteiger partial charge in [-0.15, -0.1) is 0 Å². The summed E-state index contributed by atoms with van der Waals surface area (Å²) >= 11 is 0. The highest BCUT2D eigenvalue weighted by molar-refractivity contribution is 5.70. The lowest BCUT2D eigenvalue weighted by molar-refractivity contribution is -0.139. The molecule has 0 saturated heterocycles. The molecule has 3 nitrogen and oxygen atoms in total. The highest BCUT2D eigenvalue weighted by atomic mass is 16.5. The first kappa shape index (κ1) is 9.75. The summed E-state index contributed by atoms with van der Waals surface area (Å²) in [6.45, 7) is 1.83. The van der Waals surface area contributed by atoms with Gasteiger partial charge in [-0.2, -0.15) is 0 Å². The minimum atomic E-state index is -0.259. The van der Waals surface area contributed by atoms with Crippen LogP contribution in [0.25, 0.3) is 0 Å². The molecule has 0 atom stereocenters. The van der Waals surface area contributed by atoms with E-state index in [1.54, 1.807) is 18.2 Å². The Bertz CT molecular complexity index is 183. The molecular formula is C8H13NO2. The molecular weight excluding hydrogens is 142 g/mol. The number of carbonyl (C=O) groups is 1. The summed E-state index contributed by atoms with van der Waals surface area (Å²) in [5.74, 6) is -0.259. The van der Waals surface area contributed by atoms with Crippen molar-refractivity contribution in [2.75, 3.05) is 7.11 Å². The first-order chi connectivity index (χ1) is 5.20. The van der Waals surface area contributed by atoms with Crippen molar-refractivity contribution in [2.45, 2.75) is 13.3 Å². The van der Waals surface area contributed by atoms with E-state index in [2.05, 4.69) is 4.74 Å². The van der Waals surface area contributed by atoms with Gasteiger partial charge in [0.1, 0.15) is 0 Å². The molecule has 0 heterocycles. The fraction of sp³-hybridized carbons (Fsp3) is 0.375. The van der Waals surface area contributed by atoms with E-state index in [9.17, 15) is 4.79 Å². The molecule has 0 aromatic heterocycles. The largest absolute Gasteiger partial charge is 0.469 e. The fourth-order valence-electron chi connectivity index (χ4n) is 0.471. The number of hydrogen-bond donors (Lipinski definition) is 1. The molecule has 0 unspecified atom stereocenters. The summed E-state index contributed by atoms with van der Waals surface area (Å²) in [6.07, 6.45) is 5.37. The number of rotatable bonds is 3. The first-order valence-corrected chi connectivity index (χ1v) is 3.36. The number of carbonyl (C=O) groups excluding carboxylic acids is 1. The van der Waals surface area contributed by atoms with Gasteiger partial charge in [-0.25, -0.2) is 0 Å². The molecule has 62 valence electrons. The van der Waals surface area contributed by atoms with Crippen LogP contribution < -0.4 is 5.73 Å². The number of hydrogen-bond acceptors (Lipinski definition) is 3. The Morgan fingerprint density at radius 2 is 2.27 bits per heavy atom. The van der Waals surface area contributed by atoms with Gasteiger partial charge in [0.05, 0.1) is 13.5 Å². The fourth-order valence-corrected chi connectivity index (χ4v) is 0.471. The minimum Gasteiger partial charge on any atom is -0.469 e. The Morgan fingerprint density at radius 1 is 1.64 bits per heavy atom. The quantitative estimate of drug-likeness (QED) is 0.488. The van der Waals surface area contributed by atoms with Crippen LogP contribution in [-0.2, 0) is 9.53 Å². The maximum Gasteiger partial charge on any atom is 0.309 e. The standard InChI is InChI=1S/C8H13NO2/c1-3-7(9)5-4-6-8(10)11-2/h3-5H,6,9H2,1-2H3/b5-4-,7-3+. The number of esters is 1. The van der Waals surface area contributed by atoms with E-state index in [0.717, 1.165) is 0 Å². The second kappa shape index (κ2) is 5.53. The number of allylic oxidation sites excluding steroid dienone is 2. The summed E-state index contributed by atoms with van der Waals surface area (Å²) in [5, 5.41) is 0. The van der Waals surface area contributed by atoms with Gasteiger partial charge < -0.3 is 10.5 Å². The molecule has 2 N–H and O–H groups in total. The number of nitrogens with two attached hydrogens (primary N) is 1. The highest BCUT2D eigenvalue weighted by Gasteiger charge is 1.92. The average molecular weight is 155 g/mol. The molecule has 0 aliphatic carbocycles. The molecule has 0 aliphatic heterocycles. The lowest BCUT2D eigenvalue weighted by atomic mass is 10.3. The molecule has 0 amide bonds. The zero-order chi connectivity index (χ0) is 8.69. The molecule has 0 aliphatic rings. The zero-order valence-electron chi connectivity index (χ0n) is 6.83. The van der Waals surface area contributed by atoms with Crippen molar-refractivity contribution in [1.29, 1.82) is 0 Å². The third kappa shape index (κ3) is 5.21. The Balaban J connectivity index is 3.69. The van der Waals surface area contributed by atoms with E-state index in [-0.39, 0.29) is 12.4 Å². The van der Waals surface area contributed by atoms with Gasteiger partial charge in [0.25, 0.3) is 0 Å². The monoisotopic (exact) mass is 155 g/mol. The van der Waals surface area contributed by atoms with Crippen LogP contribution in [0.3, 0.4) is 0 Å². The maximum atomic E-state index is 10.5. The van der Waals surface area contributed by atoms with Gasteiger partial charge in [0, 0.05) is 5.70 Å². The molecule has 11 heavy (non-hydrogen) atoms. The number of methoxy groups -OCH3 is 1. The third-order valence-electron chi connectivity index (χ3n) is 1.16. The first-order valence-electron chi connectivity index (χ1n) is 3.36. The van der Waals surface area contributed by atoms with Crippen molar-refractivity contribution in [3.05, 3.63) is 23.9 Å². The number of ether oxygens (including phenoxy) is 1. The molecule has 0 fully saturated rings. The molecule has 0 rings (SSSR count). The maximum absolute atomic E-state index is 10.5. The van der Waals surface area contributed by atoms with E-state index in [1.807, 2.05) is 6.92 Å². The van der Waals surface area contributed by atoms with Crippen LogP contribution in [0.15, 0.2) is 23.9 Å². The van der Waals surface area contributed by atoms with E-state index >= 15 is 0 Å². The molecule has 3 heteroatoms. The second-order valence-corrected chi connectivity index (χ2v) is 1.97. The van der Waals surface area contributed by atoms with Gasteiger partial charge in [-0.1, -0.05) is 12.2 Å². The van der Waals surface area contributed by atoms with E-state index in [0.29, 0.717) is 5.70 Å². The summed E-state index contributed by atoms with van der Waals surface area (Å²) < 4.78 is 4.42. The minimum absolute atomic E-state index is 0.259. The SMILES string of the molecule is C/C=C(N)\C=C/CC(=O)OC. The van der Waals surface area contributed by atoms with E-state index in [1.165, 1.54) is 7.11 Å². The predicted molar refractivity (Wildman–Crippen MR) is 43.7 cm³/mol. The van der Waals surface area contributed by atoms with Crippen molar-refractivity contribution in [3.8, 4) is 0 Å². The lowest BCUT2D eigenvalue weighted by Gasteiger charge is -1.92. The van der Waals surface area contributed by atoms with Crippen molar-refractivity contribution in [2.24, 2.45) is 5.73 Å². The average Bonchev–Trinajstić information content (AvgIpc) is 2.04. The normalized spacial score (nSPS) is 12.0.